The van der Waals surface area contributed by atoms with Crippen LogP contribution in [-0.4, -0.2) is 49.3 Å². The highest BCUT2D eigenvalue weighted by Crippen LogP contribution is 2.23. The highest BCUT2D eigenvalue weighted by atomic mass is 16.6. The van der Waals surface area contributed by atoms with E-state index in [0.717, 1.165) is 5.56 Å². The Balaban J connectivity index is 3.26. The lowest BCUT2D eigenvalue weighted by molar-refractivity contribution is -0.144. The molecule has 29 heavy (non-hydrogen) atoms. The summed E-state index contributed by atoms with van der Waals surface area (Å²) in [5, 5.41) is 17.7. The molecule has 0 aliphatic rings. The van der Waals surface area contributed by atoms with Crippen molar-refractivity contribution in [1.82, 2.24) is 10.6 Å². The molecule has 2 N–H and O–H groups in total. The van der Waals surface area contributed by atoms with Gasteiger partial charge in [-0.05, 0) is 18.4 Å². The van der Waals surface area contributed by atoms with Crippen molar-refractivity contribution in [1.29, 1.82) is 5.26 Å². The Labute approximate surface area is 170 Å². The minimum Gasteiger partial charge on any atom is -0.465 e. The number of amides is 2. The van der Waals surface area contributed by atoms with Crippen molar-refractivity contribution in [2.45, 2.75) is 32.7 Å². The van der Waals surface area contributed by atoms with Gasteiger partial charge >= 0.3 is 5.97 Å². The van der Waals surface area contributed by atoms with Crippen LogP contribution < -0.4 is 10.6 Å². The van der Waals surface area contributed by atoms with Gasteiger partial charge in [-0.3, -0.25) is 14.4 Å². The fraction of sp³-hybridized carbons (Fsp3) is 0.450. The standard InChI is InChI=1S/C20H26N4O5/c1-5-29-17(25)13-22-19(27)20(14(2)3,11-15-9-7-6-8-10-15)23-18(26)16(12-21)24-28-4/h6-10,14H,5,11,13H2,1-4H3,(H,22,27)(H,23,26). The van der Waals surface area contributed by atoms with Crippen LogP contribution in [0.15, 0.2) is 35.5 Å². The monoisotopic (exact) mass is 402 g/mol. The van der Waals surface area contributed by atoms with Crippen LogP contribution in [0.2, 0.25) is 0 Å². The molecule has 9 heteroatoms. The number of carbonyl (C=O) groups is 3. The summed E-state index contributed by atoms with van der Waals surface area (Å²) in [6, 6.07) is 10.7. The minimum atomic E-state index is -1.45. The van der Waals surface area contributed by atoms with E-state index in [-0.39, 0.29) is 19.6 Å². The average molecular weight is 402 g/mol. The Morgan fingerprint density at radius 2 is 1.90 bits per heavy atom. The van der Waals surface area contributed by atoms with Crippen LogP contribution in [0.25, 0.3) is 0 Å². The molecule has 156 valence electrons. The fourth-order valence-corrected chi connectivity index (χ4v) is 2.70. The summed E-state index contributed by atoms with van der Waals surface area (Å²) in [5.74, 6) is -2.42. The Bertz CT molecular complexity index is 786. The number of hydrogen-bond acceptors (Lipinski definition) is 7. The molecular formula is C20H26N4O5. The fourth-order valence-electron chi connectivity index (χ4n) is 2.70. The number of hydrogen-bond donors (Lipinski definition) is 2. The van der Waals surface area contributed by atoms with Crippen LogP contribution in [0.1, 0.15) is 26.3 Å². The molecule has 0 bridgehead atoms. The largest absolute Gasteiger partial charge is 0.465 e. The van der Waals surface area contributed by atoms with Crippen LogP contribution >= 0.6 is 0 Å². The number of carbonyl (C=O) groups excluding carboxylic acids is 3. The summed E-state index contributed by atoms with van der Waals surface area (Å²) in [6.45, 7) is 5.01. The van der Waals surface area contributed by atoms with Gasteiger partial charge in [0.25, 0.3) is 5.91 Å². The highest BCUT2D eigenvalue weighted by molar-refractivity contribution is 6.45. The first kappa shape index (κ1) is 23.6. The number of ether oxygens (including phenoxy) is 1. The maximum absolute atomic E-state index is 13.1. The third kappa shape index (κ3) is 6.60. The van der Waals surface area contributed by atoms with Gasteiger partial charge in [-0.2, -0.15) is 5.26 Å². The Morgan fingerprint density at radius 1 is 1.24 bits per heavy atom. The predicted octanol–water partition coefficient (Wildman–Crippen LogP) is 0.945. The molecule has 0 saturated carbocycles. The van der Waals surface area contributed by atoms with Gasteiger partial charge in [0.1, 0.15) is 25.3 Å². The quantitative estimate of drug-likeness (QED) is 0.340. The van der Waals surface area contributed by atoms with Crippen molar-refractivity contribution in [2.24, 2.45) is 11.1 Å². The third-order valence-corrected chi connectivity index (χ3v) is 4.26. The van der Waals surface area contributed by atoms with Gasteiger partial charge in [0.05, 0.1) is 6.61 Å². The van der Waals surface area contributed by atoms with Crippen molar-refractivity contribution in [2.75, 3.05) is 20.3 Å². The molecule has 1 rings (SSSR count). The minimum absolute atomic E-state index is 0.137. The van der Waals surface area contributed by atoms with Gasteiger partial charge in [-0.1, -0.05) is 49.3 Å². The van der Waals surface area contributed by atoms with Crippen LogP contribution in [0.4, 0.5) is 0 Å². The molecule has 0 aliphatic heterocycles. The van der Waals surface area contributed by atoms with Gasteiger partial charge in [0.2, 0.25) is 11.6 Å². The van der Waals surface area contributed by atoms with Crippen LogP contribution in [-0.2, 0) is 30.4 Å². The number of rotatable bonds is 10. The van der Waals surface area contributed by atoms with E-state index < -0.39 is 35.0 Å². The van der Waals surface area contributed by atoms with E-state index in [0.29, 0.717) is 0 Å². The number of nitriles is 1. The normalized spacial score (nSPS) is 13.0. The van der Waals surface area contributed by atoms with E-state index in [4.69, 9.17) is 10.00 Å². The lowest BCUT2D eigenvalue weighted by Gasteiger charge is -2.37. The molecule has 0 heterocycles. The van der Waals surface area contributed by atoms with Crippen molar-refractivity contribution in [3.63, 3.8) is 0 Å². The first-order valence-electron chi connectivity index (χ1n) is 9.12. The summed E-state index contributed by atoms with van der Waals surface area (Å²) in [7, 11) is 1.20. The molecule has 2 amide bonds. The molecule has 1 aromatic rings. The van der Waals surface area contributed by atoms with Crippen LogP contribution in [0.3, 0.4) is 0 Å². The van der Waals surface area contributed by atoms with E-state index in [9.17, 15) is 14.4 Å². The second-order valence-electron chi connectivity index (χ2n) is 6.46. The first-order valence-corrected chi connectivity index (χ1v) is 9.12. The van der Waals surface area contributed by atoms with Crippen LogP contribution in [0.5, 0.6) is 0 Å². The molecular weight excluding hydrogens is 376 g/mol. The molecule has 0 aliphatic carbocycles. The molecule has 9 nitrogen and oxygen atoms in total. The zero-order valence-electron chi connectivity index (χ0n) is 17.0. The second-order valence-corrected chi connectivity index (χ2v) is 6.46. The van der Waals surface area contributed by atoms with E-state index in [1.54, 1.807) is 26.8 Å². The van der Waals surface area contributed by atoms with Gasteiger partial charge in [0.15, 0.2) is 0 Å². The number of nitrogens with zero attached hydrogens (tertiary/aromatic N) is 2. The van der Waals surface area contributed by atoms with Crippen molar-refractivity contribution < 1.29 is 24.0 Å². The maximum Gasteiger partial charge on any atom is 0.325 e. The van der Waals surface area contributed by atoms with E-state index in [1.807, 2.05) is 30.3 Å². The Hall–Kier alpha value is -3.41. The molecule has 1 unspecified atom stereocenters. The molecule has 0 fully saturated rings. The van der Waals surface area contributed by atoms with Gasteiger partial charge in [0, 0.05) is 6.42 Å². The highest BCUT2D eigenvalue weighted by Gasteiger charge is 2.44. The maximum atomic E-state index is 13.1. The van der Waals surface area contributed by atoms with E-state index >= 15 is 0 Å². The molecule has 0 spiro atoms. The van der Waals surface area contributed by atoms with Gasteiger partial charge in [-0.15, -0.1) is 0 Å². The number of nitrogens with one attached hydrogen (secondary N) is 2. The van der Waals surface area contributed by atoms with Crippen LogP contribution in [0, 0.1) is 17.2 Å². The average Bonchev–Trinajstić information content (AvgIpc) is 2.70. The topological polar surface area (TPSA) is 130 Å². The van der Waals surface area contributed by atoms with E-state index in [1.165, 1.54) is 7.11 Å². The zero-order chi connectivity index (χ0) is 21.9. The van der Waals surface area contributed by atoms with Crippen molar-refractivity contribution >= 4 is 23.5 Å². The van der Waals surface area contributed by atoms with Crippen molar-refractivity contribution in [3.05, 3.63) is 35.9 Å². The molecule has 0 radical (unpaired) electrons. The SMILES string of the molecule is CCOC(=O)CNC(=O)C(Cc1ccccc1)(NC(=O)C(C#N)=NOC)C(C)C. The summed E-state index contributed by atoms with van der Waals surface area (Å²) in [4.78, 5) is 41.9. The molecule has 0 aromatic heterocycles. The Morgan fingerprint density at radius 3 is 2.41 bits per heavy atom. The smallest absolute Gasteiger partial charge is 0.325 e. The zero-order valence-corrected chi connectivity index (χ0v) is 17.0. The second kappa shape index (κ2) is 11.4. The van der Waals surface area contributed by atoms with E-state index in [2.05, 4.69) is 20.6 Å². The molecule has 0 saturated heterocycles. The van der Waals surface area contributed by atoms with Gasteiger partial charge < -0.3 is 20.2 Å². The summed E-state index contributed by atoms with van der Waals surface area (Å²) in [5.41, 5.74) is -1.19. The van der Waals surface area contributed by atoms with Gasteiger partial charge in [-0.25, -0.2) is 0 Å². The number of benzene rings is 1. The summed E-state index contributed by atoms with van der Waals surface area (Å²) in [6.07, 6.45) is 0.137. The lowest BCUT2D eigenvalue weighted by atomic mass is 9.79. The Kier molecular flexibility index (Phi) is 9.32. The molecule has 1 atom stereocenters. The lowest BCUT2D eigenvalue weighted by Crippen LogP contribution is -2.64. The predicted molar refractivity (Wildman–Crippen MR) is 106 cm³/mol. The molecule has 1 aromatic carbocycles. The summed E-state index contributed by atoms with van der Waals surface area (Å²) >= 11 is 0. The van der Waals surface area contributed by atoms with Crippen molar-refractivity contribution in [3.8, 4) is 6.07 Å². The first-order chi connectivity index (χ1) is 13.8. The summed E-state index contributed by atoms with van der Waals surface area (Å²) < 4.78 is 4.83. The number of esters is 1. The number of oxime groups is 1. The third-order valence-electron chi connectivity index (χ3n) is 4.26.